The molecule has 0 bridgehead atoms. The molecule has 13 nitrogen and oxygen atoms in total. The Labute approximate surface area is 238 Å². The quantitative estimate of drug-likeness (QED) is 0.174. The molecule has 3 rings (SSSR count). The maximum absolute atomic E-state index is 10.4. The standard InChI is InChI=1S/C24H36ClN5O3.C2H2O5/c1-23(2,3)28-22-26-20(25)19-18(12-16(32)14-31)30(24(4,5)6)29(21(19)27-22)13-15-8-10-17(33-7)11-9-15;3-1(4)7-2(5)6/h8-11,16,18,31-32H,12-14H2,1-7H3,(H,26,27,28);(H,3,4)(H,5,6). The number of nitrogens with one attached hydrogen (secondary N) is 1. The van der Waals surface area contributed by atoms with Gasteiger partial charge in [-0.2, -0.15) is 4.98 Å². The molecule has 2 atom stereocenters. The molecule has 0 aliphatic carbocycles. The van der Waals surface area contributed by atoms with Gasteiger partial charge in [0.15, 0.2) is 5.82 Å². The predicted octanol–water partition coefficient (Wildman–Crippen LogP) is 4.53. The molecule has 1 aliphatic rings. The van der Waals surface area contributed by atoms with Crippen molar-refractivity contribution in [1.29, 1.82) is 0 Å². The van der Waals surface area contributed by atoms with Crippen LogP contribution in [-0.2, 0) is 11.3 Å². The minimum Gasteiger partial charge on any atom is -0.497 e. The summed E-state index contributed by atoms with van der Waals surface area (Å²) in [5.74, 6) is 1.94. The Morgan fingerprint density at radius 2 is 1.65 bits per heavy atom. The number of carbonyl (C=O) groups is 2. The Kier molecular flexibility index (Phi) is 10.9. The van der Waals surface area contributed by atoms with Crippen molar-refractivity contribution < 1.29 is 39.5 Å². The number of ether oxygens (including phenoxy) is 2. The van der Waals surface area contributed by atoms with Crippen molar-refractivity contribution in [1.82, 2.24) is 15.0 Å². The Balaban J connectivity index is 0.000000708. The summed E-state index contributed by atoms with van der Waals surface area (Å²) in [5.41, 5.74) is 1.26. The lowest BCUT2D eigenvalue weighted by Gasteiger charge is -2.43. The smallest absolute Gasteiger partial charge is 0.497 e. The van der Waals surface area contributed by atoms with Crippen LogP contribution in [0.5, 0.6) is 5.75 Å². The fourth-order valence-corrected chi connectivity index (χ4v) is 4.50. The van der Waals surface area contributed by atoms with E-state index in [0.717, 1.165) is 16.9 Å². The number of aliphatic hydroxyl groups excluding tert-OH is 2. The van der Waals surface area contributed by atoms with Crippen molar-refractivity contribution in [2.75, 3.05) is 24.0 Å². The first-order valence-corrected chi connectivity index (χ1v) is 12.8. The molecule has 0 spiro atoms. The summed E-state index contributed by atoms with van der Waals surface area (Å²) >= 11 is 6.74. The van der Waals surface area contributed by atoms with E-state index in [0.29, 0.717) is 29.9 Å². The van der Waals surface area contributed by atoms with Gasteiger partial charge in [-0.1, -0.05) is 23.7 Å². The van der Waals surface area contributed by atoms with Gasteiger partial charge in [0.2, 0.25) is 5.95 Å². The topological polar surface area (TPSA) is 178 Å². The number of methoxy groups -OCH3 is 1. The summed E-state index contributed by atoms with van der Waals surface area (Å²) < 4.78 is 8.38. The first kappa shape index (κ1) is 32.8. The lowest BCUT2D eigenvalue weighted by molar-refractivity contribution is 0.0232. The number of hydrazine groups is 1. The minimum atomic E-state index is -1.81. The second kappa shape index (κ2) is 13.3. The average molecular weight is 584 g/mol. The molecule has 0 fully saturated rings. The van der Waals surface area contributed by atoms with Crippen LogP contribution in [0.3, 0.4) is 0 Å². The summed E-state index contributed by atoms with van der Waals surface area (Å²) in [7, 11) is 1.65. The molecule has 40 heavy (non-hydrogen) atoms. The van der Waals surface area contributed by atoms with Gasteiger partial charge in [-0.15, -0.1) is 0 Å². The van der Waals surface area contributed by atoms with Gasteiger partial charge in [0.1, 0.15) is 10.9 Å². The SMILES string of the molecule is COc1ccc(CN2c3nc(NC(C)(C)C)nc(Cl)c3C(CC(O)CO)N2C(C)(C)C)cc1.O=C(O)OC(=O)O. The number of anilines is 2. The molecule has 0 amide bonds. The van der Waals surface area contributed by atoms with E-state index in [1.807, 2.05) is 45.0 Å². The first-order chi connectivity index (χ1) is 18.5. The maximum Gasteiger partial charge on any atom is 0.516 e. The molecule has 0 saturated carbocycles. The highest BCUT2D eigenvalue weighted by atomic mass is 35.5. The number of carboxylic acid groups (broad SMARTS) is 2. The molecule has 2 heterocycles. The van der Waals surface area contributed by atoms with Gasteiger partial charge in [-0.3, -0.25) is 5.01 Å². The Bertz CT molecular complexity index is 1160. The van der Waals surface area contributed by atoms with E-state index >= 15 is 0 Å². The van der Waals surface area contributed by atoms with Gasteiger partial charge < -0.3 is 35.2 Å². The Hall–Kier alpha value is -3.39. The van der Waals surface area contributed by atoms with Crippen LogP contribution in [0, 0.1) is 0 Å². The lowest BCUT2D eigenvalue weighted by Crippen LogP contribution is -2.51. The number of benzene rings is 1. The van der Waals surface area contributed by atoms with Crippen LogP contribution in [0.1, 0.15) is 65.1 Å². The largest absolute Gasteiger partial charge is 0.516 e. The zero-order valence-corrected chi connectivity index (χ0v) is 24.4. The predicted molar refractivity (Wildman–Crippen MR) is 149 cm³/mol. The average Bonchev–Trinajstić information content (AvgIpc) is 3.11. The third kappa shape index (κ3) is 9.08. The van der Waals surface area contributed by atoms with Crippen molar-refractivity contribution in [2.45, 2.75) is 77.7 Å². The molecule has 1 aromatic carbocycles. The Morgan fingerprint density at radius 3 is 2.08 bits per heavy atom. The van der Waals surface area contributed by atoms with Crippen molar-refractivity contribution >= 4 is 35.7 Å². The van der Waals surface area contributed by atoms with E-state index in [4.69, 9.17) is 31.5 Å². The van der Waals surface area contributed by atoms with Gasteiger partial charge in [0.05, 0.1) is 38.0 Å². The second-order valence-corrected chi connectivity index (χ2v) is 11.5. The lowest BCUT2D eigenvalue weighted by atomic mass is 9.99. The van der Waals surface area contributed by atoms with Gasteiger partial charge >= 0.3 is 12.3 Å². The van der Waals surface area contributed by atoms with Crippen LogP contribution in [0.2, 0.25) is 5.15 Å². The van der Waals surface area contributed by atoms with Crippen molar-refractivity contribution in [3.63, 3.8) is 0 Å². The monoisotopic (exact) mass is 583 g/mol. The van der Waals surface area contributed by atoms with E-state index in [2.05, 4.69) is 45.8 Å². The summed E-state index contributed by atoms with van der Waals surface area (Å²) in [6.45, 7) is 12.6. The third-order valence-corrected chi connectivity index (χ3v) is 5.85. The summed E-state index contributed by atoms with van der Waals surface area (Å²) in [6, 6.07) is 7.61. The number of rotatable bonds is 7. The molecule has 5 N–H and O–H groups in total. The van der Waals surface area contributed by atoms with Gasteiger partial charge in [0, 0.05) is 11.1 Å². The van der Waals surface area contributed by atoms with Gasteiger partial charge in [-0.05, 0) is 65.7 Å². The molecule has 1 aliphatic heterocycles. The molecule has 0 radical (unpaired) electrons. The highest BCUT2D eigenvalue weighted by Gasteiger charge is 2.46. The zero-order valence-electron chi connectivity index (χ0n) is 23.7. The second-order valence-electron chi connectivity index (χ2n) is 11.1. The molecular formula is C26H38ClN5O8. The number of nitrogens with zero attached hydrogens (tertiary/aromatic N) is 4. The number of aromatic nitrogens is 2. The highest BCUT2D eigenvalue weighted by molar-refractivity contribution is 6.30. The summed E-state index contributed by atoms with van der Waals surface area (Å²) in [6.07, 6.45) is -4.22. The van der Waals surface area contributed by atoms with Crippen molar-refractivity contribution in [2.24, 2.45) is 0 Å². The number of halogens is 1. The third-order valence-electron chi connectivity index (χ3n) is 5.56. The fourth-order valence-electron chi connectivity index (χ4n) is 4.21. The summed E-state index contributed by atoms with van der Waals surface area (Å²) in [4.78, 5) is 27.8. The van der Waals surface area contributed by atoms with E-state index in [1.54, 1.807) is 7.11 Å². The number of aliphatic hydroxyl groups is 2. The van der Waals surface area contributed by atoms with Crippen LogP contribution in [0.25, 0.3) is 0 Å². The highest BCUT2D eigenvalue weighted by Crippen LogP contribution is 2.48. The van der Waals surface area contributed by atoms with Crippen LogP contribution < -0.4 is 15.1 Å². The normalized spacial score (nSPS) is 15.9. The van der Waals surface area contributed by atoms with Crippen molar-refractivity contribution in [3.05, 3.63) is 40.5 Å². The molecule has 2 aromatic rings. The van der Waals surface area contributed by atoms with Crippen LogP contribution in [0.15, 0.2) is 24.3 Å². The van der Waals surface area contributed by atoms with E-state index in [-0.39, 0.29) is 23.7 Å². The number of hydrogen-bond acceptors (Lipinski definition) is 11. The molecule has 14 heteroatoms. The van der Waals surface area contributed by atoms with E-state index in [1.165, 1.54) is 0 Å². The van der Waals surface area contributed by atoms with Crippen LogP contribution >= 0.6 is 11.6 Å². The maximum atomic E-state index is 10.4. The molecule has 1 aromatic heterocycles. The van der Waals surface area contributed by atoms with Crippen LogP contribution in [0.4, 0.5) is 21.4 Å². The number of hydrogen-bond donors (Lipinski definition) is 5. The van der Waals surface area contributed by atoms with Crippen LogP contribution in [-0.4, -0.2) is 78.6 Å². The fraction of sp³-hybridized carbons (Fsp3) is 0.538. The molecule has 2 unspecified atom stereocenters. The number of fused-ring (bicyclic) bond motifs is 1. The molecular weight excluding hydrogens is 546 g/mol. The Morgan fingerprint density at radius 1 is 1.07 bits per heavy atom. The minimum absolute atomic E-state index is 0.243. The first-order valence-electron chi connectivity index (χ1n) is 12.4. The van der Waals surface area contributed by atoms with Crippen molar-refractivity contribution in [3.8, 4) is 5.75 Å². The van der Waals surface area contributed by atoms with E-state index in [9.17, 15) is 19.8 Å². The van der Waals surface area contributed by atoms with Gasteiger partial charge in [-0.25, -0.2) is 19.6 Å². The molecule has 222 valence electrons. The van der Waals surface area contributed by atoms with Gasteiger partial charge in [0.25, 0.3) is 0 Å². The molecule has 0 saturated heterocycles. The van der Waals surface area contributed by atoms with E-state index < -0.39 is 18.4 Å². The zero-order chi connectivity index (χ0) is 30.4. The summed E-state index contributed by atoms with van der Waals surface area (Å²) in [5, 5.41) is 42.8.